The highest BCUT2D eigenvalue weighted by molar-refractivity contribution is 5.26. The van der Waals surface area contributed by atoms with Gasteiger partial charge in [0, 0.05) is 6.61 Å². The van der Waals surface area contributed by atoms with Crippen LogP contribution in [0.15, 0.2) is 18.2 Å². The Labute approximate surface area is 96.8 Å². The molecule has 1 rings (SSSR count). The van der Waals surface area contributed by atoms with Crippen LogP contribution in [0.25, 0.3) is 0 Å². The Morgan fingerprint density at radius 2 is 2.12 bits per heavy atom. The van der Waals surface area contributed by atoms with Crippen molar-refractivity contribution in [3.63, 3.8) is 0 Å². The molecule has 0 spiro atoms. The van der Waals surface area contributed by atoms with Gasteiger partial charge in [0.2, 0.25) is 0 Å². The van der Waals surface area contributed by atoms with Crippen LogP contribution in [0.2, 0.25) is 0 Å². The Kier molecular flexibility index (Phi) is 5.43. The van der Waals surface area contributed by atoms with E-state index in [4.69, 9.17) is 4.74 Å². The fourth-order valence-electron chi connectivity index (χ4n) is 1.66. The standard InChI is InChI=1S/C13H20FNO/c1-4-5-16-9-13(15-3)11-6-10(2)7-12(14)8-11/h6-8,13,15H,4-5,9H2,1-3H3. The first-order valence-corrected chi connectivity index (χ1v) is 5.69. The second-order valence-corrected chi connectivity index (χ2v) is 3.98. The Morgan fingerprint density at radius 3 is 2.69 bits per heavy atom. The second-order valence-electron chi connectivity index (χ2n) is 3.98. The highest BCUT2D eigenvalue weighted by atomic mass is 19.1. The Bertz CT molecular complexity index is 307. The summed E-state index contributed by atoms with van der Waals surface area (Å²) in [5.74, 6) is -0.189. The average molecular weight is 225 g/mol. The lowest BCUT2D eigenvalue weighted by Crippen LogP contribution is -2.22. The van der Waals surface area contributed by atoms with Gasteiger partial charge in [-0.1, -0.05) is 13.0 Å². The SMILES string of the molecule is CCCOCC(NC)c1cc(C)cc(F)c1. The number of aryl methyl sites for hydroxylation is 1. The van der Waals surface area contributed by atoms with Gasteiger partial charge in [0.1, 0.15) is 5.82 Å². The molecule has 0 bridgehead atoms. The van der Waals surface area contributed by atoms with Gasteiger partial charge >= 0.3 is 0 Å². The minimum atomic E-state index is -0.189. The van der Waals surface area contributed by atoms with Gasteiger partial charge < -0.3 is 10.1 Å². The minimum absolute atomic E-state index is 0.0564. The van der Waals surface area contributed by atoms with Gasteiger partial charge in [-0.2, -0.15) is 0 Å². The van der Waals surface area contributed by atoms with Gasteiger partial charge in [-0.25, -0.2) is 4.39 Å². The van der Waals surface area contributed by atoms with E-state index in [2.05, 4.69) is 12.2 Å². The monoisotopic (exact) mass is 225 g/mol. The molecule has 0 saturated carbocycles. The molecule has 1 aromatic carbocycles. The Balaban J connectivity index is 2.70. The number of nitrogens with one attached hydrogen (secondary N) is 1. The fourth-order valence-corrected chi connectivity index (χ4v) is 1.66. The van der Waals surface area contributed by atoms with Crippen molar-refractivity contribution in [3.05, 3.63) is 35.1 Å². The van der Waals surface area contributed by atoms with E-state index in [1.54, 1.807) is 6.07 Å². The van der Waals surface area contributed by atoms with E-state index in [1.165, 1.54) is 6.07 Å². The lowest BCUT2D eigenvalue weighted by atomic mass is 10.0. The lowest BCUT2D eigenvalue weighted by Gasteiger charge is -2.17. The highest BCUT2D eigenvalue weighted by Crippen LogP contribution is 2.16. The molecule has 1 atom stereocenters. The van der Waals surface area contributed by atoms with E-state index in [-0.39, 0.29) is 11.9 Å². The summed E-state index contributed by atoms with van der Waals surface area (Å²) in [5, 5.41) is 3.14. The van der Waals surface area contributed by atoms with Crippen molar-refractivity contribution in [2.45, 2.75) is 26.3 Å². The van der Waals surface area contributed by atoms with Crippen LogP contribution >= 0.6 is 0 Å². The van der Waals surface area contributed by atoms with Crippen LogP contribution in [0.5, 0.6) is 0 Å². The van der Waals surface area contributed by atoms with Crippen LogP contribution in [-0.2, 0) is 4.74 Å². The first kappa shape index (κ1) is 13.1. The van der Waals surface area contributed by atoms with E-state index in [1.807, 2.05) is 20.0 Å². The van der Waals surface area contributed by atoms with Gasteiger partial charge in [-0.3, -0.25) is 0 Å². The van der Waals surface area contributed by atoms with Crippen LogP contribution in [0.1, 0.15) is 30.5 Å². The molecule has 0 fully saturated rings. The van der Waals surface area contributed by atoms with Crippen LogP contribution in [0, 0.1) is 12.7 Å². The Hall–Kier alpha value is -0.930. The summed E-state index contributed by atoms with van der Waals surface area (Å²) in [6, 6.07) is 5.13. The number of halogens is 1. The number of benzene rings is 1. The van der Waals surface area contributed by atoms with Gasteiger partial charge in [0.15, 0.2) is 0 Å². The highest BCUT2D eigenvalue weighted by Gasteiger charge is 2.10. The van der Waals surface area contributed by atoms with Crippen molar-refractivity contribution in [2.24, 2.45) is 0 Å². The first-order valence-electron chi connectivity index (χ1n) is 5.69. The van der Waals surface area contributed by atoms with Crippen molar-refractivity contribution in [2.75, 3.05) is 20.3 Å². The van der Waals surface area contributed by atoms with Crippen molar-refractivity contribution < 1.29 is 9.13 Å². The van der Waals surface area contributed by atoms with Gasteiger partial charge in [0.25, 0.3) is 0 Å². The molecule has 16 heavy (non-hydrogen) atoms. The fraction of sp³-hybridized carbons (Fsp3) is 0.538. The second kappa shape index (κ2) is 6.61. The van der Waals surface area contributed by atoms with Crippen molar-refractivity contribution in [3.8, 4) is 0 Å². The molecular weight excluding hydrogens is 205 g/mol. The van der Waals surface area contributed by atoms with Gasteiger partial charge in [0.05, 0.1) is 12.6 Å². The average Bonchev–Trinajstić information content (AvgIpc) is 2.23. The normalized spacial score (nSPS) is 12.8. The van der Waals surface area contributed by atoms with E-state index >= 15 is 0 Å². The number of ether oxygens (including phenoxy) is 1. The number of likely N-dealkylation sites (N-methyl/N-ethyl adjacent to an activating group) is 1. The maximum Gasteiger partial charge on any atom is 0.123 e. The van der Waals surface area contributed by atoms with E-state index in [0.29, 0.717) is 6.61 Å². The number of hydrogen-bond donors (Lipinski definition) is 1. The summed E-state index contributed by atoms with van der Waals surface area (Å²) >= 11 is 0. The molecule has 0 aromatic heterocycles. The topological polar surface area (TPSA) is 21.3 Å². The van der Waals surface area contributed by atoms with Crippen LogP contribution in [-0.4, -0.2) is 20.3 Å². The third kappa shape index (κ3) is 3.91. The first-order chi connectivity index (χ1) is 7.67. The quantitative estimate of drug-likeness (QED) is 0.752. The third-order valence-electron chi connectivity index (χ3n) is 2.45. The van der Waals surface area contributed by atoms with Crippen LogP contribution in [0.4, 0.5) is 4.39 Å². The lowest BCUT2D eigenvalue weighted by molar-refractivity contribution is 0.114. The van der Waals surface area contributed by atoms with Crippen molar-refractivity contribution in [1.29, 1.82) is 0 Å². The zero-order valence-electron chi connectivity index (χ0n) is 10.2. The third-order valence-corrected chi connectivity index (χ3v) is 2.45. The molecule has 3 heteroatoms. The molecule has 2 nitrogen and oxygen atoms in total. The maximum absolute atomic E-state index is 13.2. The summed E-state index contributed by atoms with van der Waals surface area (Å²) in [4.78, 5) is 0. The van der Waals surface area contributed by atoms with Gasteiger partial charge in [-0.05, 0) is 43.7 Å². The Morgan fingerprint density at radius 1 is 1.38 bits per heavy atom. The number of rotatable bonds is 6. The largest absolute Gasteiger partial charge is 0.379 e. The molecule has 0 aliphatic carbocycles. The molecule has 1 N–H and O–H groups in total. The zero-order valence-corrected chi connectivity index (χ0v) is 10.2. The van der Waals surface area contributed by atoms with Crippen LogP contribution in [0.3, 0.4) is 0 Å². The summed E-state index contributed by atoms with van der Waals surface area (Å²) in [5.41, 5.74) is 1.88. The molecule has 0 aliphatic heterocycles. The summed E-state index contributed by atoms with van der Waals surface area (Å²) in [6.07, 6.45) is 0.999. The molecule has 1 aromatic rings. The smallest absolute Gasteiger partial charge is 0.123 e. The predicted molar refractivity (Wildman–Crippen MR) is 64.0 cm³/mol. The molecule has 0 amide bonds. The van der Waals surface area contributed by atoms with Crippen molar-refractivity contribution >= 4 is 0 Å². The molecule has 0 radical (unpaired) electrons. The zero-order chi connectivity index (χ0) is 12.0. The summed E-state index contributed by atoms with van der Waals surface area (Å²) < 4.78 is 18.7. The maximum atomic E-state index is 13.2. The van der Waals surface area contributed by atoms with Crippen LogP contribution < -0.4 is 5.32 Å². The molecule has 1 unspecified atom stereocenters. The predicted octanol–water partition coefficient (Wildman–Crippen LogP) is 2.82. The molecule has 90 valence electrons. The van der Waals surface area contributed by atoms with E-state index in [0.717, 1.165) is 24.2 Å². The van der Waals surface area contributed by atoms with Gasteiger partial charge in [-0.15, -0.1) is 0 Å². The summed E-state index contributed by atoms with van der Waals surface area (Å²) in [7, 11) is 1.86. The van der Waals surface area contributed by atoms with E-state index < -0.39 is 0 Å². The number of hydrogen-bond acceptors (Lipinski definition) is 2. The summed E-state index contributed by atoms with van der Waals surface area (Å²) in [6.45, 7) is 5.28. The van der Waals surface area contributed by atoms with Crippen molar-refractivity contribution in [1.82, 2.24) is 5.32 Å². The molecular formula is C13H20FNO. The van der Waals surface area contributed by atoms with E-state index in [9.17, 15) is 4.39 Å². The minimum Gasteiger partial charge on any atom is -0.379 e. The molecule has 0 saturated heterocycles. The molecule has 0 heterocycles. The molecule has 0 aliphatic rings.